The summed E-state index contributed by atoms with van der Waals surface area (Å²) < 4.78 is 4.88. The van der Waals surface area contributed by atoms with Crippen LogP contribution < -0.4 is 16.8 Å². The van der Waals surface area contributed by atoms with Crippen molar-refractivity contribution >= 4 is 23.5 Å². The first-order valence-electron chi connectivity index (χ1n) is 9.70. The van der Waals surface area contributed by atoms with Crippen molar-refractivity contribution in [1.82, 2.24) is 9.97 Å². The molecule has 0 saturated heterocycles. The van der Waals surface area contributed by atoms with E-state index in [9.17, 15) is 9.59 Å². The summed E-state index contributed by atoms with van der Waals surface area (Å²) in [6.45, 7) is 8.29. The minimum Gasteiger partial charge on any atom is -0.449 e. The maximum atomic E-state index is 12.0. The summed E-state index contributed by atoms with van der Waals surface area (Å²) in [7, 11) is 0. The molecule has 2 aromatic rings. The Hall–Kier alpha value is -3.16. The number of benzene rings is 1. The summed E-state index contributed by atoms with van der Waals surface area (Å²) in [5.74, 6) is 0.0509. The van der Waals surface area contributed by atoms with Crippen molar-refractivity contribution in [3.63, 3.8) is 0 Å². The molecule has 2 rings (SSSR count). The normalized spacial score (nSPS) is 11.9. The summed E-state index contributed by atoms with van der Waals surface area (Å²) in [6.07, 6.45) is 0.620. The van der Waals surface area contributed by atoms with Crippen molar-refractivity contribution in [1.29, 1.82) is 0 Å². The molecule has 0 aliphatic rings. The number of ether oxygens (including phenoxy) is 1. The van der Waals surface area contributed by atoms with E-state index in [1.54, 1.807) is 0 Å². The van der Waals surface area contributed by atoms with Crippen LogP contribution in [-0.4, -0.2) is 28.6 Å². The van der Waals surface area contributed by atoms with Gasteiger partial charge in [0, 0.05) is 11.6 Å². The van der Waals surface area contributed by atoms with E-state index in [-0.39, 0.29) is 18.2 Å². The number of amides is 2. The predicted octanol–water partition coefficient (Wildman–Crippen LogP) is 3.28. The van der Waals surface area contributed by atoms with Crippen LogP contribution in [0.15, 0.2) is 24.3 Å². The Morgan fingerprint density at radius 2 is 1.86 bits per heavy atom. The van der Waals surface area contributed by atoms with Crippen LogP contribution in [0.4, 0.5) is 16.3 Å². The largest absolute Gasteiger partial charge is 0.449 e. The molecule has 156 valence electrons. The van der Waals surface area contributed by atoms with Gasteiger partial charge in [-0.25, -0.2) is 14.8 Å². The molecule has 2 amide bonds. The second-order valence-corrected chi connectivity index (χ2v) is 7.41. The lowest BCUT2D eigenvalue weighted by Gasteiger charge is -2.16. The molecule has 1 atom stereocenters. The topological polar surface area (TPSA) is 133 Å². The maximum absolute atomic E-state index is 12.0. The number of aromatic nitrogens is 2. The number of hydrogen-bond acceptors (Lipinski definition) is 6. The van der Waals surface area contributed by atoms with E-state index in [1.165, 1.54) is 0 Å². The quantitative estimate of drug-likeness (QED) is 0.592. The molecule has 0 fully saturated rings. The molecule has 1 aromatic carbocycles. The summed E-state index contributed by atoms with van der Waals surface area (Å²) in [4.78, 5) is 31.9. The molecule has 1 heterocycles. The molecule has 8 heteroatoms. The van der Waals surface area contributed by atoms with Crippen LogP contribution in [-0.2, 0) is 17.6 Å². The molecule has 0 saturated carbocycles. The number of nitrogens with one attached hydrogen (secondary N) is 1. The lowest BCUT2D eigenvalue weighted by molar-refractivity contribution is 0.0995. The predicted molar refractivity (Wildman–Crippen MR) is 112 cm³/mol. The highest BCUT2D eigenvalue weighted by Crippen LogP contribution is 2.24. The molecule has 8 nitrogen and oxygen atoms in total. The zero-order chi connectivity index (χ0) is 21.6. The van der Waals surface area contributed by atoms with Crippen LogP contribution in [0.2, 0.25) is 0 Å². The highest BCUT2D eigenvalue weighted by Gasteiger charge is 2.18. The highest BCUT2D eigenvalue weighted by molar-refractivity contribution is 5.96. The summed E-state index contributed by atoms with van der Waals surface area (Å²) in [5.41, 5.74) is 14.0. The van der Waals surface area contributed by atoms with Crippen molar-refractivity contribution < 1.29 is 14.3 Å². The third kappa shape index (κ3) is 6.17. The summed E-state index contributed by atoms with van der Waals surface area (Å²) in [5, 5.41) is 3.17. The van der Waals surface area contributed by atoms with Gasteiger partial charge in [0.15, 0.2) is 11.5 Å². The van der Waals surface area contributed by atoms with E-state index in [0.717, 1.165) is 29.1 Å². The van der Waals surface area contributed by atoms with Crippen molar-refractivity contribution in [2.24, 2.45) is 17.4 Å². The van der Waals surface area contributed by atoms with E-state index in [2.05, 4.69) is 29.1 Å². The molecule has 29 heavy (non-hydrogen) atoms. The zero-order valence-corrected chi connectivity index (χ0v) is 17.4. The SMILES string of the molecule is CCc1nc(C(N)=O)c(Nc2cccc(C(C)COC(N)=O)c2)nc1CC(C)C. The van der Waals surface area contributed by atoms with E-state index in [1.807, 2.05) is 38.1 Å². The Morgan fingerprint density at radius 1 is 1.14 bits per heavy atom. The van der Waals surface area contributed by atoms with Crippen molar-refractivity contribution in [2.75, 3.05) is 11.9 Å². The molecular weight excluding hydrogens is 370 g/mol. The zero-order valence-electron chi connectivity index (χ0n) is 17.4. The number of hydrogen-bond donors (Lipinski definition) is 3. The monoisotopic (exact) mass is 399 g/mol. The molecule has 0 bridgehead atoms. The number of carbonyl (C=O) groups excluding carboxylic acids is 2. The Bertz CT molecular complexity index is 883. The molecule has 0 aliphatic carbocycles. The molecule has 0 radical (unpaired) electrons. The average Bonchev–Trinajstić information content (AvgIpc) is 2.65. The van der Waals surface area contributed by atoms with E-state index < -0.39 is 12.0 Å². The maximum Gasteiger partial charge on any atom is 0.404 e. The second-order valence-electron chi connectivity index (χ2n) is 7.41. The third-order valence-electron chi connectivity index (χ3n) is 4.41. The van der Waals surface area contributed by atoms with Gasteiger partial charge in [-0.15, -0.1) is 0 Å². The van der Waals surface area contributed by atoms with Crippen molar-refractivity contribution in [3.8, 4) is 0 Å². The standard InChI is InChI=1S/C21H29N5O3/c1-5-16-17(9-12(2)3)26-20(18(25-16)19(22)27)24-15-8-6-7-14(10-15)13(4)11-29-21(23)28/h6-8,10,12-13H,5,9,11H2,1-4H3,(H2,22,27)(H2,23,28)(H,24,26). The van der Waals surface area contributed by atoms with E-state index in [4.69, 9.17) is 16.2 Å². The van der Waals surface area contributed by atoms with Gasteiger partial charge in [0.1, 0.15) is 0 Å². The van der Waals surface area contributed by atoms with Crippen molar-refractivity contribution in [3.05, 3.63) is 46.9 Å². The Balaban J connectivity index is 2.36. The van der Waals surface area contributed by atoms with Crippen LogP contribution in [0.5, 0.6) is 0 Å². The van der Waals surface area contributed by atoms with Crippen LogP contribution in [0, 0.1) is 5.92 Å². The van der Waals surface area contributed by atoms with Gasteiger partial charge in [-0.3, -0.25) is 4.79 Å². The van der Waals surface area contributed by atoms with Crippen LogP contribution in [0.3, 0.4) is 0 Å². The van der Waals surface area contributed by atoms with Gasteiger partial charge in [-0.1, -0.05) is 39.8 Å². The first kappa shape index (κ1) is 22.1. The minimum absolute atomic E-state index is 0.0510. The van der Waals surface area contributed by atoms with Gasteiger partial charge >= 0.3 is 6.09 Å². The fourth-order valence-electron chi connectivity index (χ4n) is 2.96. The van der Waals surface area contributed by atoms with Crippen LogP contribution in [0.1, 0.15) is 61.1 Å². The smallest absolute Gasteiger partial charge is 0.404 e. The van der Waals surface area contributed by atoms with Gasteiger partial charge in [-0.2, -0.15) is 0 Å². The van der Waals surface area contributed by atoms with E-state index in [0.29, 0.717) is 18.2 Å². The first-order valence-corrected chi connectivity index (χ1v) is 9.70. The first-order chi connectivity index (χ1) is 13.7. The van der Waals surface area contributed by atoms with Gasteiger partial charge in [0.05, 0.1) is 18.0 Å². The number of aryl methyl sites for hydroxylation is 1. The second kappa shape index (κ2) is 9.86. The number of anilines is 2. The lowest BCUT2D eigenvalue weighted by atomic mass is 10.0. The number of rotatable bonds is 9. The van der Waals surface area contributed by atoms with Gasteiger partial charge in [0.2, 0.25) is 0 Å². The van der Waals surface area contributed by atoms with Crippen molar-refractivity contribution in [2.45, 2.75) is 46.5 Å². The van der Waals surface area contributed by atoms with Gasteiger partial charge in [-0.05, 0) is 36.5 Å². The molecule has 5 N–H and O–H groups in total. The average molecular weight is 399 g/mol. The Kier molecular flexibility index (Phi) is 7.52. The molecule has 0 aliphatic heterocycles. The third-order valence-corrected chi connectivity index (χ3v) is 4.41. The number of carbonyl (C=O) groups is 2. The van der Waals surface area contributed by atoms with Gasteiger partial charge < -0.3 is 21.5 Å². The fraction of sp³-hybridized carbons (Fsp3) is 0.429. The Labute approximate surface area is 171 Å². The highest BCUT2D eigenvalue weighted by atomic mass is 16.5. The lowest BCUT2D eigenvalue weighted by Crippen LogP contribution is -2.20. The number of nitrogens with two attached hydrogens (primary N) is 2. The number of nitrogens with zero attached hydrogens (tertiary/aromatic N) is 2. The van der Waals surface area contributed by atoms with Crippen LogP contribution >= 0.6 is 0 Å². The van der Waals surface area contributed by atoms with Crippen LogP contribution in [0.25, 0.3) is 0 Å². The molecule has 1 unspecified atom stereocenters. The fourth-order valence-corrected chi connectivity index (χ4v) is 2.96. The van der Waals surface area contributed by atoms with Gasteiger partial charge in [0.25, 0.3) is 5.91 Å². The van der Waals surface area contributed by atoms with E-state index >= 15 is 0 Å². The minimum atomic E-state index is -0.804. The Morgan fingerprint density at radius 3 is 2.45 bits per heavy atom. The summed E-state index contributed by atoms with van der Waals surface area (Å²) in [6, 6.07) is 7.54. The molecule has 0 spiro atoms. The number of primary amides is 2. The molecule has 1 aromatic heterocycles. The summed E-state index contributed by atoms with van der Waals surface area (Å²) >= 11 is 0. The molecular formula is C21H29N5O3.